The monoisotopic (exact) mass is 258 g/mol. The van der Waals surface area contributed by atoms with Crippen molar-refractivity contribution in [2.45, 2.75) is 39.2 Å². The largest absolute Gasteiger partial charge is 0.329 e. The highest BCUT2D eigenvalue weighted by atomic mass is 16.2. The van der Waals surface area contributed by atoms with E-state index in [4.69, 9.17) is 5.73 Å². The van der Waals surface area contributed by atoms with Crippen molar-refractivity contribution in [3.63, 3.8) is 0 Å². The molecule has 0 spiro atoms. The molecule has 0 radical (unpaired) electrons. The summed E-state index contributed by atoms with van der Waals surface area (Å²) in [5.41, 5.74) is 7.99. The van der Waals surface area contributed by atoms with E-state index in [9.17, 15) is 4.79 Å². The van der Waals surface area contributed by atoms with Crippen molar-refractivity contribution in [2.24, 2.45) is 17.1 Å². The van der Waals surface area contributed by atoms with Crippen molar-refractivity contribution >= 4 is 11.6 Å². The summed E-state index contributed by atoms with van der Waals surface area (Å²) in [4.78, 5) is 14.9. The van der Waals surface area contributed by atoms with Crippen LogP contribution in [-0.2, 0) is 11.2 Å². The third-order valence-electron chi connectivity index (χ3n) is 4.75. The Balaban J connectivity index is 1.92. The first kappa shape index (κ1) is 12.7. The Morgan fingerprint density at radius 1 is 1.37 bits per heavy atom. The molecule has 102 valence electrons. The first-order valence-electron chi connectivity index (χ1n) is 7.19. The normalized spacial score (nSPS) is 32.9. The number of carbonyl (C=O) groups is 1. The first-order valence-corrected chi connectivity index (χ1v) is 7.19. The SMILES string of the molecule is CC1CC(CN)(C(=O)N2c3ccccc3CC2C)C1. The van der Waals surface area contributed by atoms with Crippen molar-refractivity contribution in [3.05, 3.63) is 29.8 Å². The van der Waals surface area contributed by atoms with Gasteiger partial charge in [-0.2, -0.15) is 0 Å². The van der Waals surface area contributed by atoms with Gasteiger partial charge in [0.05, 0.1) is 5.41 Å². The molecular formula is C16H22N2O. The van der Waals surface area contributed by atoms with Crippen molar-refractivity contribution in [1.29, 1.82) is 0 Å². The Labute approximate surface area is 114 Å². The number of amides is 1. The van der Waals surface area contributed by atoms with E-state index in [2.05, 4.69) is 26.0 Å². The highest BCUT2D eigenvalue weighted by molar-refractivity contribution is 6.00. The lowest BCUT2D eigenvalue weighted by molar-refractivity contribution is -0.135. The molecule has 1 aromatic rings. The molecule has 1 saturated carbocycles. The van der Waals surface area contributed by atoms with Gasteiger partial charge in [-0.1, -0.05) is 25.1 Å². The molecule has 0 bridgehead atoms. The van der Waals surface area contributed by atoms with Crippen LogP contribution in [-0.4, -0.2) is 18.5 Å². The molecular weight excluding hydrogens is 236 g/mol. The summed E-state index contributed by atoms with van der Waals surface area (Å²) in [6, 6.07) is 8.49. The van der Waals surface area contributed by atoms with Gasteiger partial charge in [0, 0.05) is 18.3 Å². The van der Waals surface area contributed by atoms with Crippen LogP contribution in [0.15, 0.2) is 24.3 Å². The minimum Gasteiger partial charge on any atom is -0.329 e. The number of carbonyl (C=O) groups excluding carboxylic acids is 1. The molecule has 1 aliphatic carbocycles. The average molecular weight is 258 g/mol. The maximum Gasteiger partial charge on any atom is 0.234 e. The van der Waals surface area contributed by atoms with Gasteiger partial charge in [-0.3, -0.25) is 4.79 Å². The molecule has 0 aromatic heterocycles. The lowest BCUT2D eigenvalue weighted by Crippen LogP contribution is -2.56. The summed E-state index contributed by atoms with van der Waals surface area (Å²) in [6.45, 7) is 4.80. The van der Waals surface area contributed by atoms with Gasteiger partial charge >= 0.3 is 0 Å². The first-order chi connectivity index (χ1) is 9.07. The van der Waals surface area contributed by atoms with Crippen molar-refractivity contribution < 1.29 is 4.79 Å². The van der Waals surface area contributed by atoms with Crippen LogP contribution in [0.5, 0.6) is 0 Å². The second-order valence-corrected chi connectivity index (χ2v) is 6.35. The predicted octanol–water partition coefficient (Wildman–Crippen LogP) is 2.34. The van der Waals surface area contributed by atoms with E-state index >= 15 is 0 Å². The van der Waals surface area contributed by atoms with Crippen LogP contribution in [0.3, 0.4) is 0 Å². The molecule has 3 heteroatoms. The van der Waals surface area contributed by atoms with E-state index < -0.39 is 0 Å². The molecule has 1 atom stereocenters. The van der Waals surface area contributed by atoms with Gasteiger partial charge in [-0.25, -0.2) is 0 Å². The lowest BCUT2D eigenvalue weighted by atomic mass is 9.61. The minimum absolute atomic E-state index is 0.241. The minimum atomic E-state index is -0.300. The fourth-order valence-electron chi connectivity index (χ4n) is 3.83. The zero-order chi connectivity index (χ0) is 13.6. The molecule has 1 heterocycles. The summed E-state index contributed by atoms with van der Waals surface area (Å²) in [5.74, 6) is 0.867. The molecule has 3 rings (SSSR count). The van der Waals surface area contributed by atoms with E-state index in [0.29, 0.717) is 12.5 Å². The number of nitrogens with two attached hydrogens (primary N) is 1. The van der Waals surface area contributed by atoms with Gasteiger partial charge in [-0.15, -0.1) is 0 Å². The molecule has 19 heavy (non-hydrogen) atoms. The molecule has 1 fully saturated rings. The number of anilines is 1. The van der Waals surface area contributed by atoms with Crippen molar-refractivity contribution in [1.82, 2.24) is 0 Å². The Hall–Kier alpha value is -1.35. The fourth-order valence-corrected chi connectivity index (χ4v) is 3.83. The number of benzene rings is 1. The van der Waals surface area contributed by atoms with E-state index in [0.717, 1.165) is 24.9 Å². The average Bonchev–Trinajstić information content (AvgIpc) is 2.69. The van der Waals surface area contributed by atoms with Crippen LogP contribution in [0.25, 0.3) is 0 Å². The predicted molar refractivity (Wildman–Crippen MR) is 77.0 cm³/mol. The van der Waals surface area contributed by atoms with E-state index in [1.165, 1.54) is 5.56 Å². The van der Waals surface area contributed by atoms with Crippen molar-refractivity contribution in [3.8, 4) is 0 Å². The van der Waals surface area contributed by atoms with Gasteiger partial charge in [0.1, 0.15) is 0 Å². The van der Waals surface area contributed by atoms with Crippen molar-refractivity contribution in [2.75, 3.05) is 11.4 Å². The van der Waals surface area contributed by atoms with Crippen LogP contribution < -0.4 is 10.6 Å². The highest BCUT2D eigenvalue weighted by Gasteiger charge is 2.51. The molecule has 0 saturated heterocycles. The maximum absolute atomic E-state index is 12.9. The van der Waals surface area contributed by atoms with Gasteiger partial charge in [0.2, 0.25) is 5.91 Å². The number of fused-ring (bicyclic) bond motifs is 1. The molecule has 3 nitrogen and oxygen atoms in total. The third-order valence-corrected chi connectivity index (χ3v) is 4.75. The molecule has 1 unspecified atom stereocenters. The number of rotatable bonds is 2. The Kier molecular flexibility index (Phi) is 2.90. The Bertz CT molecular complexity index is 505. The Morgan fingerprint density at radius 2 is 2.05 bits per heavy atom. The van der Waals surface area contributed by atoms with Gasteiger partial charge in [0.15, 0.2) is 0 Å². The maximum atomic E-state index is 12.9. The molecule has 1 amide bonds. The van der Waals surface area contributed by atoms with Crippen LogP contribution >= 0.6 is 0 Å². The third kappa shape index (κ3) is 1.79. The van der Waals surface area contributed by atoms with Gasteiger partial charge in [-0.05, 0) is 43.7 Å². The molecule has 2 N–H and O–H groups in total. The van der Waals surface area contributed by atoms with Crippen LogP contribution in [0.1, 0.15) is 32.3 Å². The summed E-state index contributed by atoms with van der Waals surface area (Å²) >= 11 is 0. The number of nitrogens with zero attached hydrogens (tertiary/aromatic N) is 1. The number of hydrogen-bond acceptors (Lipinski definition) is 2. The Morgan fingerprint density at radius 3 is 2.68 bits per heavy atom. The van der Waals surface area contributed by atoms with Gasteiger partial charge < -0.3 is 10.6 Å². The number of hydrogen-bond donors (Lipinski definition) is 1. The van der Waals surface area contributed by atoms with Gasteiger partial charge in [0.25, 0.3) is 0 Å². The molecule has 1 aromatic carbocycles. The fraction of sp³-hybridized carbons (Fsp3) is 0.562. The lowest BCUT2D eigenvalue weighted by Gasteiger charge is -2.47. The summed E-state index contributed by atoms with van der Waals surface area (Å²) in [5, 5.41) is 0. The summed E-state index contributed by atoms with van der Waals surface area (Å²) in [6.07, 6.45) is 2.83. The zero-order valence-corrected chi connectivity index (χ0v) is 11.7. The summed E-state index contributed by atoms with van der Waals surface area (Å²) < 4.78 is 0. The highest BCUT2D eigenvalue weighted by Crippen LogP contribution is 2.48. The topological polar surface area (TPSA) is 46.3 Å². The second-order valence-electron chi connectivity index (χ2n) is 6.35. The zero-order valence-electron chi connectivity index (χ0n) is 11.7. The van der Waals surface area contributed by atoms with E-state index in [-0.39, 0.29) is 17.4 Å². The number of para-hydroxylation sites is 1. The second kappa shape index (κ2) is 4.34. The standard InChI is InChI=1S/C16H22N2O/c1-11-8-16(9-11,10-17)15(19)18-12(2)7-13-5-3-4-6-14(13)18/h3-6,11-12H,7-10,17H2,1-2H3. The summed E-state index contributed by atoms with van der Waals surface area (Å²) in [7, 11) is 0. The van der Waals surface area contributed by atoms with E-state index in [1.54, 1.807) is 0 Å². The smallest absolute Gasteiger partial charge is 0.234 e. The molecule has 1 aliphatic heterocycles. The van der Waals surface area contributed by atoms with Crippen LogP contribution in [0.2, 0.25) is 0 Å². The quantitative estimate of drug-likeness (QED) is 0.885. The van der Waals surface area contributed by atoms with E-state index in [1.807, 2.05) is 17.0 Å². The molecule has 2 aliphatic rings. The van der Waals surface area contributed by atoms with Crippen LogP contribution in [0.4, 0.5) is 5.69 Å². The van der Waals surface area contributed by atoms with Crippen LogP contribution in [0, 0.1) is 11.3 Å².